The molecule has 0 unspecified atom stereocenters. The van der Waals surface area contributed by atoms with Gasteiger partial charge in [0.25, 0.3) is 0 Å². The second kappa shape index (κ2) is 5.72. The van der Waals surface area contributed by atoms with Crippen molar-refractivity contribution in [3.63, 3.8) is 0 Å². The van der Waals surface area contributed by atoms with Gasteiger partial charge in [-0.1, -0.05) is 0 Å². The van der Waals surface area contributed by atoms with Gasteiger partial charge in [0.05, 0.1) is 0 Å². The number of hydrogen-bond acceptors (Lipinski definition) is 5. The fraction of sp³-hybridized carbons (Fsp3) is 0.800. The van der Waals surface area contributed by atoms with Crippen molar-refractivity contribution in [2.75, 3.05) is 0 Å². The van der Waals surface area contributed by atoms with E-state index in [1.807, 2.05) is 0 Å². The molecular weight excluding hydrogens is 226 g/mol. The number of carbonyl (C=O) groups excluding carboxylic acids is 2. The van der Waals surface area contributed by atoms with Gasteiger partial charge in [-0.3, -0.25) is 0 Å². The molecule has 7 heteroatoms. The van der Waals surface area contributed by atoms with Crippen LogP contribution in [0.5, 0.6) is 0 Å². The van der Waals surface area contributed by atoms with E-state index in [-0.39, 0.29) is 0 Å². The van der Waals surface area contributed by atoms with Crippen LogP contribution in [0.3, 0.4) is 0 Å². The first-order valence-corrected chi connectivity index (χ1v) is 5.22. The number of hydrogen-bond donors (Lipinski definition) is 3. The van der Waals surface area contributed by atoms with E-state index in [1.54, 1.807) is 41.5 Å². The van der Waals surface area contributed by atoms with Crippen molar-refractivity contribution in [1.29, 1.82) is 0 Å². The van der Waals surface area contributed by atoms with Gasteiger partial charge in [0.1, 0.15) is 11.2 Å². The summed E-state index contributed by atoms with van der Waals surface area (Å²) in [6.07, 6.45) is -1.40. The van der Waals surface area contributed by atoms with Crippen LogP contribution in [0, 0.1) is 0 Å². The molecule has 3 N–H and O–H groups in total. The molecule has 0 heterocycles. The lowest BCUT2D eigenvalue weighted by molar-refractivity contribution is 0.0411. The number of rotatable bonds is 2. The Morgan fingerprint density at radius 3 is 1.29 bits per heavy atom. The van der Waals surface area contributed by atoms with Crippen LogP contribution in [0.1, 0.15) is 41.5 Å². The summed E-state index contributed by atoms with van der Waals surface area (Å²) < 4.78 is 9.83. The molecule has 0 spiro atoms. The molecule has 0 aliphatic heterocycles. The lowest BCUT2D eigenvalue weighted by Crippen LogP contribution is -2.51. The standard InChI is InChI=1S/C10H21N3O4/c1-9(2,3)16-7(14)11-13-12-8(15)17-10(4,5)6/h13H,1-6H3,(H,11,14)(H,12,15). The average molecular weight is 247 g/mol. The highest BCUT2D eigenvalue weighted by Gasteiger charge is 2.17. The molecule has 0 aliphatic carbocycles. The van der Waals surface area contributed by atoms with Crippen molar-refractivity contribution in [3.8, 4) is 0 Å². The summed E-state index contributed by atoms with van der Waals surface area (Å²) in [4.78, 5) is 22.3. The Hall–Kier alpha value is -1.50. The van der Waals surface area contributed by atoms with E-state index in [0.717, 1.165) is 0 Å². The van der Waals surface area contributed by atoms with E-state index in [4.69, 9.17) is 9.47 Å². The normalized spacial score (nSPS) is 11.6. The topological polar surface area (TPSA) is 88.7 Å². The first-order chi connectivity index (χ1) is 7.49. The Balaban J connectivity index is 3.78. The Bertz CT molecular complexity index is 250. The number of ether oxygens (including phenoxy) is 2. The maximum atomic E-state index is 11.1. The third-order valence-corrected chi connectivity index (χ3v) is 1.13. The summed E-state index contributed by atoms with van der Waals surface area (Å²) >= 11 is 0. The molecule has 2 amide bonds. The minimum atomic E-state index is -0.700. The third-order valence-electron chi connectivity index (χ3n) is 1.13. The van der Waals surface area contributed by atoms with Crippen LogP contribution in [0.4, 0.5) is 9.59 Å². The van der Waals surface area contributed by atoms with Crippen LogP contribution < -0.4 is 16.4 Å². The molecule has 0 aromatic rings. The minimum absolute atomic E-state index is 0.600. The van der Waals surface area contributed by atoms with Gasteiger partial charge in [-0.25, -0.2) is 20.4 Å². The van der Waals surface area contributed by atoms with E-state index in [0.29, 0.717) is 0 Å². The SMILES string of the molecule is CC(C)(C)OC(=O)NNNC(=O)OC(C)(C)C. The lowest BCUT2D eigenvalue weighted by Gasteiger charge is -2.21. The summed E-state index contributed by atoms with van der Waals surface area (Å²) in [6, 6.07) is 0. The van der Waals surface area contributed by atoms with Gasteiger partial charge in [0.15, 0.2) is 0 Å². The molecule has 0 aliphatic rings. The molecule has 0 saturated carbocycles. The molecular formula is C10H21N3O4. The molecule has 0 radical (unpaired) electrons. The number of amides is 2. The van der Waals surface area contributed by atoms with Gasteiger partial charge < -0.3 is 9.47 Å². The number of carbonyl (C=O) groups is 2. The summed E-state index contributed by atoms with van der Waals surface area (Å²) in [5.41, 5.74) is 5.25. The van der Waals surface area contributed by atoms with Crippen molar-refractivity contribution in [2.45, 2.75) is 52.7 Å². The second-order valence-corrected chi connectivity index (χ2v) is 5.38. The largest absolute Gasteiger partial charge is 0.443 e. The Labute approximate surface area is 101 Å². The first-order valence-electron chi connectivity index (χ1n) is 5.22. The van der Waals surface area contributed by atoms with Crippen LogP contribution in [0.25, 0.3) is 0 Å². The van der Waals surface area contributed by atoms with Crippen LogP contribution in [-0.4, -0.2) is 23.4 Å². The molecule has 0 bridgehead atoms. The van der Waals surface area contributed by atoms with Crippen LogP contribution in [-0.2, 0) is 9.47 Å². The molecule has 0 aromatic heterocycles. The summed E-state index contributed by atoms with van der Waals surface area (Å²) in [5, 5.41) is 0. The molecule has 7 nitrogen and oxygen atoms in total. The van der Waals surface area contributed by atoms with Gasteiger partial charge in [-0.15, -0.1) is 5.53 Å². The maximum absolute atomic E-state index is 11.1. The lowest BCUT2D eigenvalue weighted by atomic mass is 10.2. The molecule has 17 heavy (non-hydrogen) atoms. The van der Waals surface area contributed by atoms with Gasteiger partial charge in [-0.05, 0) is 41.5 Å². The van der Waals surface area contributed by atoms with E-state index < -0.39 is 23.4 Å². The van der Waals surface area contributed by atoms with Crippen molar-refractivity contribution < 1.29 is 19.1 Å². The summed E-state index contributed by atoms with van der Waals surface area (Å²) in [7, 11) is 0. The molecule has 0 aromatic carbocycles. The predicted octanol–water partition coefficient (Wildman–Crippen LogP) is 1.46. The van der Waals surface area contributed by atoms with Crippen molar-refractivity contribution >= 4 is 12.2 Å². The van der Waals surface area contributed by atoms with Gasteiger partial charge >= 0.3 is 12.2 Å². The van der Waals surface area contributed by atoms with Gasteiger partial charge in [0, 0.05) is 0 Å². The monoisotopic (exact) mass is 247 g/mol. The minimum Gasteiger partial charge on any atom is -0.443 e. The zero-order chi connectivity index (χ0) is 13.7. The molecule has 0 fully saturated rings. The smallest absolute Gasteiger partial charge is 0.423 e. The van der Waals surface area contributed by atoms with Crippen LogP contribution in [0.15, 0.2) is 0 Å². The van der Waals surface area contributed by atoms with Crippen molar-refractivity contribution in [3.05, 3.63) is 0 Å². The van der Waals surface area contributed by atoms with Crippen molar-refractivity contribution in [1.82, 2.24) is 16.4 Å². The van der Waals surface area contributed by atoms with Gasteiger partial charge in [0.2, 0.25) is 0 Å². The van der Waals surface area contributed by atoms with Crippen LogP contribution >= 0.6 is 0 Å². The van der Waals surface area contributed by atoms with E-state index in [1.165, 1.54) is 0 Å². The highest BCUT2D eigenvalue weighted by molar-refractivity contribution is 5.69. The number of hydrazine groups is 2. The summed E-state index contributed by atoms with van der Waals surface area (Å²) in [5.74, 6) is 0. The van der Waals surface area contributed by atoms with E-state index in [2.05, 4.69) is 16.4 Å². The molecule has 100 valence electrons. The van der Waals surface area contributed by atoms with Crippen molar-refractivity contribution in [2.24, 2.45) is 0 Å². The average Bonchev–Trinajstić information content (AvgIpc) is 1.95. The fourth-order valence-electron chi connectivity index (χ4n) is 0.741. The Kier molecular flexibility index (Phi) is 5.21. The molecule has 0 atom stereocenters. The Morgan fingerprint density at radius 1 is 0.765 bits per heavy atom. The van der Waals surface area contributed by atoms with Gasteiger partial charge in [-0.2, -0.15) is 0 Å². The van der Waals surface area contributed by atoms with E-state index >= 15 is 0 Å². The van der Waals surface area contributed by atoms with E-state index in [9.17, 15) is 9.59 Å². The predicted molar refractivity (Wildman–Crippen MR) is 61.9 cm³/mol. The quantitative estimate of drug-likeness (QED) is 0.643. The highest BCUT2D eigenvalue weighted by Crippen LogP contribution is 2.06. The third kappa shape index (κ3) is 10.8. The first kappa shape index (κ1) is 15.5. The fourth-order valence-corrected chi connectivity index (χ4v) is 0.741. The highest BCUT2D eigenvalue weighted by atomic mass is 16.6. The summed E-state index contributed by atoms with van der Waals surface area (Å²) in [6.45, 7) is 10.4. The molecule has 0 rings (SSSR count). The van der Waals surface area contributed by atoms with Crippen LogP contribution in [0.2, 0.25) is 0 Å². The molecule has 0 saturated heterocycles. The Morgan fingerprint density at radius 2 is 1.06 bits per heavy atom. The zero-order valence-electron chi connectivity index (χ0n) is 11.1. The zero-order valence-corrected chi connectivity index (χ0v) is 11.1. The second-order valence-electron chi connectivity index (χ2n) is 5.38. The maximum Gasteiger partial charge on any atom is 0.423 e. The number of nitrogens with one attached hydrogen (secondary N) is 3.